The van der Waals surface area contributed by atoms with Gasteiger partial charge in [0.15, 0.2) is 11.5 Å². The Balaban J connectivity index is 1.70. The van der Waals surface area contributed by atoms with Crippen molar-refractivity contribution < 1.29 is 14.3 Å². The molecule has 1 fully saturated rings. The molecule has 108 valence electrons. The smallest absolute Gasteiger partial charge is 0.251 e. The topological polar surface area (TPSA) is 73.6 Å². The zero-order valence-electron chi connectivity index (χ0n) is 11.4. The Labute approximate surface area is 118 Å². The van der Waals surface area contributed by atoms with Crippen LogP contribution in [0.1, 0.15) is 36.0 Å². The SMILES string of the molecule is N[C@@H]1CCCC[C@@H]1NC(=O)c1ccc2c(c1)OCCO2. The summed E-state index contributed by atoms with van der Waals surface area (Å²) >= 11 is 0. The lowest BCUT2D eigenvalue weighted by molar-refractivity contribution is 0.0920. The number of rotatable bonds is 2. The summed E-state index contributed by atoms with van der Waals surface area (Å²) in [5, 5.41) is 3.03. The van der Waals surface area contributed by atoms with Crippen LogP contribution in [0.15, 0.2) is 18.2 Å². The zero-order valence-corrected chi connectivity index (χ0v) is 11.4. The molecule has 1 aliphatic heterocycles. The van der Waals surface area contributed by atoms with E-state index in [0.29, 0.717) is 30.3 Å². The van der Waals surface area contributed by atoms with E-state index in [0.717, 1.165) is 25.7 Å². The highest BCUT2D eigenvalue weighted by Gasteiger charge is 2.24. The first-order chi connectivity index (χ1) is 9.74. The number of hydrogen-bond donors (Lipinski definition) is 2. The predicted octanol–water partition coefficient (Wildman–Crippen LogP) is 1.46. The van der Waals surface area contributed by atoms with E-state index in [9.17, 15) is 4.79 Å². The summed E-state index contributed by atoms with van der Waals surface area (Å²) in [5.74, 6) is 1.24. The summed E-state index contributed by atoms with van der Waals surface area (Å²) in [7, 11) is 0. The van der Waals surface area contributed by atoms with Crippen molar-refractivity contribution in [1.82, 2.24) is 5.32 Å². The molecule has 1 aromatic carbocycles. The molecule has 0 spiro atoms. The number of hydrogen-bond acceptors (Lipinski definition) is 4. The quantitative estimate of drug-likeness (QED) is 0.857. The van der Waals surface area contributed by atoms with Crippen molar-refractivity contribution in [2.45, 2.75) is 37.8 Å². The average molecular weight is 276 g/mol. The average Bonchev–Trinajstić information content (AvgIpc) is 2.49. The van der Waals surface area contributed by atoms with Gasteiger partial charge in [-0.1, -0.05) is 12.8 Å². The largest absolute Gasteiger partial charge is 0.486 e. The van der Waals surface area contributed by atoms with E-state index in [1.54, 1.807) is 18.2 Å². The zero-order chi connectivity index (χ0) is 13.9. The Morgan fingerprint density at radius 3 is 2.70 bits per heavy atom. The molecule has 5 heteroatoms. The molecule has 0 unspecified atom stereocenters. The van der Waals surface area contributed by atoms with Crippen LogP contribution in [0.3, 0.4) is 0 Å². The predicted molar refractivity (Wildman–Crippen MR) is 75.1 cm³/mol. The van der Waals surface area contributed by atoms with Crippen LogP contribution in [0, 0.1) is 0 Å². The Bertz CT molecular complexity index is 504. The van der Waals surface area contributed by atoms with Crippen LogP contribution < -0.4 is 20.5 Å². The van der Waals surface area contributed by atoms with Gasteiger partial charge in [0.25, 0.3) is 5.91 Å². The molecule has 3 rings (SSSR count). The van der Waals surface area contributed by atoms with E-state index in [4.69, 9.17) is 15.2 Å². The van der Waals surface area contributed by atoms with Crippen molar-refractivity contribution in [3.63, 3.8) is 0 Å². The lowest BCUT2D eigenvalue weighted by Gasteiger charge is -2.29. The molecule has 1 saturated carbocycles. The Hall–Kier alpha value is -1.75. The molecule has 2 aliphatic rings. The third-order valence-electron chi connectivity index (χ3n) is 3.94. The summed E-state index contributed by atoms with van der Waals surface area (Å²) < 4.78 is 10.9. The van der Waals surface area contributed by atoms with Gasteiger partial charge in [0, 0.05) is 17.6 Å². The molecule has 20 heavy (non-hydrogen) atoms. The van der Waals surface area contributed by atoms with Crippen molar-refractivity contribution in [1.29, 1.82) is 0 Å². The lowest BCUT2D eigenvalue weighted by atomic mass is 9.91. The van der Waals surface area contributed by atoms with Crippen molar-refractivity contribution in [3.8, 4) is 11.5 Å². The fraction of sp³-hybridized carbons (Fsp3) is 0.533. The van der Waals surface area contributed by atoms with Gasteiger partial charge in [-0.05, 0) is 31.0 Å². The Morgan fingerprint density at radius 2 is 1.90 bits per heavy atom. The molecule has 1 amide bonds. The molecule has 0 radical (unpaired) electrons. The molecular weight excluding hydrogens is 256 g/mol. The minimum atomic E-state index is -0.0932. The van der Waals surface area contributed by atoms with Crippen LogP contribution in [-0.4, -0.2) is 31.2 Å². The summed E-state index contributed by atoms with van der Waals surface area (Å²) in [6, 6.07) is 5.41. The number of fused-ring (bicyclic) bond motifs is 1. The second kappa shape index (κ2) is 5.71. The fourth-order valence-corrected chi connectivity index (χ4v) is 2.78. The van der Waals surface area contributed by atoms with E-state index in [1.165, 1.54) is 0 Å². The van der Waals surface area contributed by atoms with Gasteiger partial charge in [0.1, 0.15) is 13.2 Å². The van der Waals surface area contributed by atoms with Gasteiger partial charge in [0.2, 0.25) is 0 Å². The van der Waals surface area contributed by atoms with Gasteiger partial charge in [-0.3, -0.25) is 4.79 Å². The molecular formula is C15H20N2O3. The van der Waals surface area contributed by atoms with Gasteiger partial charge in [-0.25, -0.2) is 0 Å². The third kappa shape index (κ3) is 2.72. The van der Waals surface area contributed by atoms with E-state index in [1.807, 2.05) is 0 Å². The number of amides is 1. The summed E-state index contributed by atoms with van der Waals surface area (Å²) in [6.45, 7) is 1.07. The van der Waals surface area contributed by atoms with Gasteiger partial charge in [-0.2, -0.15) is 0 Å². The number of carbonyl (C=O) groups is 1. The van der Waals surface area contributed by atoms with Gasteiger partial charge >= 0.3 is 0 Å². The summed E-state index contributed by atoms with van der Waals surface area (Å²) in [5.41, 5.74) is 6.65. The normalized spacial score (nSPS) is 25.1. The molecule has 2 atom stereocenters. The summed E-state index contributed by atoms with van der Waals surface area (Å²) in [4.78, 5) is 12.3. The van der Waals surface area contributed by atoms with E-state index < -0.39 is 0 Å². The standard InChI is InChI=1S/C15H20N2O3/c16-11-3-1-2-4-12(11)17-15(18)10-5-6-13-14(9-10)20-8-7-19-13/h5-6,9,11-12H,1-4,7-8,16H2,(H,17,18)/t11-,12+/m1/s1. The highest BCUT2D eigenvalue weighted by molar-refractivity contribution is 5.95. The fourth-order valence-electron chi connectivity index (χ4n) is 2.78. The maximum Gasteiger partial charge on any atom is 0.251 e. The van der Waals surface area contributed by atoms with Crippen molar-refractivity contribution in [2.75, 3.05) is 13.2 Å². The van der Waals surface area contributed by atoms with E-state index >= 15 is 0 Å². The van der Waals surface area contributed by atoms with E-state index in [2.05, 4.69) is 5.32 Å². The van der Waals surface area contributed by atoms with Crippen molar-refractivity contribution in [2.24, 2.45) is 5.73 Å². The second-order valence-electron chi connectivity index (χ2n) is 5.39. The highest BCUT2D eigenvalue weighted by atomic mass is 16.6. The summed E-state index contributed by atoms with van der Waals surface area (Å²) in [6.07, 6.45) is 4.21. The van der Waals surface area contributed by atoms with Gasteiger partial charge in [-0.15, -0.1) is 0 Å². The number of nitrogens with one attached hydrogen (secondary N) is 1. The molecule has 1 heterocycles. The molecule has 0 bridgehead atoms. The van der Waals surface area contributed by atoms with Gasteiger partial charge in [0.05, 0.1) is 0 Å². The minimum absolute atomic E-state index is 0.0601. The molecule has 1 aromatic rings. The first-order valence-corrected chi connectivity index (χ1v) is 7.20. The minimum Gasteiger partial charge on any atom is -0.486 e. The third-order valence-corrected chi connectivity index (χ3v) is 3.94. The molecule has 1 aliphatic carbocycles. The van der Waals surface area contributed by atoms with E-state index in [-0.39, 0.29) is 18.0 Å². The Kier molecular flexibility index (Phi) is 3.78. The molecule has 0 aromatic heterocycles. The molecule has 3 N–H and O–H groups in total. The van der Waals surface area contributed by atoms with Crippen LogP contribution in [-0.2, 0) is 0 Å². The van der Waals surface area contributed by atoms with Gasteiger partial charge < -0.3 is 20.5 Å². The number of benzene rings is 1. The first-order valence-electron chi connectivity index (χ1n) is 7.20. The maximum absolute atomic E-state index is 12.3. The van der Waals surface area contributed by atoms with Crippen molar-refractivity contribution >= 4 is 5.91 Å². The highest BCUT2D eigenvalue weighted by Crippen LogP contribution is 2.30. The first kappa shape index (κ1) is 13.2. The number of nitrogens with two attached hydrogens (primary N) is 1. The Morgan fingerprint density at radius 1 is 1.15 bits per heavy atom. The lowest BCUT2D eigenvalue weighted by Crippen LogP contribution is -2.49. The van der Waals surface area contributed by atoms with Crippen LogP contribution in [0.2, 0.25) is 0 Å². The maximum atomic E-state index is 12.3. The molecule has 0 saturated heterocycles. The second-order valence-corrected chi connectivity index (χ2v) is 5.39. The molecule has 5 nitrogen and oxygen atoms in total. The van der Waals surface area contributed by atoms with Crippen LogP contribution in [0.5, 0.6) is 11.5 Å². The number of carbonyl (C=O) groups excluding carboxylic acids is 1. The number of ether oxygens (including phenoxy) is 2. The van der Waals surface area contributed by atoms with Crippen LogP contribution in [0.25, 0.3) is 0 Å². The van der Waals surface area contributed by atoms with Crippen molar-refractivity contribution in [3.05, 3.63) is 23.8 Å². The van der Waals surface area contributed by atoms with Crippen LogP contribution in [0.4, 0.5) is 0 Å². The monoisotopic (exact) mass is 276 g/mol. The van der Waals surface area contributed by atoms with Crippen LogP contribution >= 0.6 is 0 Å².